The molecule has 42 heavy (non-hydrogen) atoms. The van der Waals surface area contributed by atoms with Gasteiger partial charge >= 0.3 is 0 Å². The number of aliphatic hydroxyl groups is 1. The summed E-state index contributed by atoms with van der Waals surface area (Å²) in [6, 6.07) is 25.5. The van der Waals surface area contributed by atoms with Crippen LogP contribution in [0.3, 0.4) is 0 Å². The van der Waals surface area contributed by atoms with Gasteiger partial charge in [-0.05, 0) is 60.4 Å². The third kappa shape index (κ3) is 11.1. The average molecular weight is 573 g/mol. The minimum absolute atomic E-state index is 0.0969. The Labute approximate surface area is 249 Å². The van der Waals surface area contributed by atoms with Crippen LogP contribution in [0.25, 0.3) is 0 Å². The lowest BCUT2D eigenvalue weighted by atomic mass is 9.95. The maximum absolute atomic E-state index is 13.5. The SMILES string of the molecule is COc1cccc(CC(=O)N[C@H](C(=O)N[C@@H](Cc2ccccc2)[C@@H](O)CCC(=O)CCCc2ccccc2)C(C)C)c1. The van der Waals surface area contributed by atoms with Crippen LogP contribution in [0, 0.1) is 5.92 Å². The summed E-state index contributed by atoms with van der Waals surface area (Å²) in [4.78, 5) is 38.9. The number of ether oxygens (including phenoxy) is 1. The van der Waals surface area contributed by atoms with E-state index in [9.17, 15) is 19.5 Å². The smallest absolute Gasteiger partial charge is 0.243 e. The van der Waals surface area contributed by atoms with E-state index < -0.39 is 18.2 Å². The number of carbonyl (C=O) groups is 3. The van der Waals surface area contributed by atoms with E-state index in [0.717, 1.165) is 24.0 Å². The number of hydrogen-bond donors (Lipinski definition) is 3. The number of aliphatic hydroxyl groups excluding tert-OH is 1. The summed E-state index contributed by atoms with van der Waals surface area (Å²) in [5.74, 6) is -0.0676. The van der Waals surface area contributed by atoms with Gasteiger partial charge in [0.2, 0.25) is 11.8 Å². The molecule has 0 aliphatic heterocycles. The molecule has 0 saturated carbocycles. The first-order chi connectivity index (χ1) is 20.2. The number of amides is 2. The predicted octanol–water partition coefficient (Wildman–Crippen LogP) is 4.84. The Morgan fingerprint density at radius 2 is 1.45 bits per heavy atom. The largest absolute Gasteiger partial charge is 0.497 e. The van der Waals surface area contributed by atoms with Crippen molar-refractivity contribution in [3.05, 3.63) is 102 Å². The summed E-state index contributed by atoms with van der Waals surface area (Å²) in [5.41, 5.74) is 2.94. The Morgan fingerprint density at radius 3 is 2.10 bits per heavy atom. The van der Waals surface area contributed by atoms with Crippen LogP contribution >= 0.6 is 0 Å². The maximum Gasteiger partial charge on any atom is 0.243 e. The summed E-state index contributed by atoms with van der Waals surface area (Å²) < 4.78 is 5.24. The summed E-state index contributed by atoms with van der Waals surface area (Å²) in [7, 11) is 1.57. The van der Waals surface area contributed by atoms with Crippen molar-refractivity contribution in [3.63, 3.8) is 0 Å². The highest BCUT2D eigenvalue weighted by molar-refractivity contribution is 5.88. The third-order valence-corrected chi connectivity index (χ3v) is 7.34. The molecule has 2 amide bonds. The van der Waals surface area contributed by atoms with Crippen LogP contribution in [0.4, 0.5) is 0 Å². The van der Waals surface area contributed by atoms with Crippen LogP contribution in [0.2, 0.25) is 0 Å². The van der Waals surface area contributed by atoms with E-state index in [4.69, 9.17) is 4.74 Å². The first-order valence-electron chi connectivity index (χ1n) is 14.8. The maximum atomic E-state index is 13.5. The summed E-state index contributed by atoms with van der Waals surface area (Å²) in [5, 5.41) is 17.0. The van der Waals surface area contributed by atoms with Gasteiger partial charge in [-0.25, -0.2) is 0 Å². The average Bonchev–Trinajstić information content (AvgIpc) is 2.99. The molecule has 0 unspecified atom stereocenters. The second kappa shape index (κ2) is 17.1. The first kappa shape index (κ1) is 32.5. The van der Waals surface area contributed by atoms with Gasteiger partial charge in [-0.3, -0.25) is 14.4 Å². The molecule has 0 saturated heterocycles. The van der Waals surface area contributed by atoms with Gasteiger partial charge in [0.05, 0.1) is 25.7 Å². The topological polar surface area (TPSA) is 105 Å². The zero-order chi connectivity index (χ0) is 30.3. The number of hydrogen-bond acceptors (Lipinski definition) is 5. The van der Waals surface area contributed by atoms with Gasteiger partial charge < -0.3 is 20.5 Å². The van der Waals surface area contributed by atoms with E-state index in [1.54, 1.807) is 13.2 Å². The minimum atomic E-state index is -0.924. The Kier molecular flexibility index (Phi) is 13.2. The van der Waals surface area contributed by atoms with Crippen LogP contribution in [0.5, 0.6) is 5.75 Å². The van der Waals surface area contributed by atoms with Crippen LogP contribution in [0.1, 0.15) is 56.2 Å². The van der Waals surface area contributed by atoms with E-state index in [2.05, 4.69) is 22.8 Å². The van der Waals surface area contributed by atoms with Crippen LogP contribution < -0.4 is 15.4 Å². The molecule has 0 aliphatic rings. The molecule has 3 N–H and O–H groups in total. The fraction of sp³-hybridized carbons (Fsp3) is 0.400. The molecule has 0 aromatic heterocycles. The molecule has 7 heteroatoms. The van der Waals surface area contributed by atoms with Crippen molar-refractivity contribution in [1.29, 1.82) is 0 Å². The molecular formula is C35H44N2O5. The lowest BCUT2D eigenvalue weighted by molar-refractivity contribution is -0.130. The fourth-order valence-corrected chi connectivity index (χ4v) is 4.92. The fourth-order valence-electron chi connectivity index (χ4n) is 4.92. The summed E-state index contributed by atoms with van der Waals surface area (Å²) >= 11 is 0. The van der Waals surface area contributed by atoms with E-state index >= 15 is 0 Å². The number of benzene rings is 3. The van der Waals surface area contributed by atoms with E-state index in [1.165, 1.54) is 5.56 Å². The minimum Gasteiger partial charge on any atom is -0.497 e. The number of aryl methyl sites for hydroxylation is 1. The number of ketones is 1. The number of rotatable bonds is 17. The molecule has 3 aromatic rings. The highest BCUT2D eigenvalue weighted by Crippen LogP contribution is 2.15. The van der Waals surface area contributed by atoms with Gasteiger partial charge in [0.25, 0.3) is 0 Å². The number of nitrogens with one attached hydrogen (secondary N) is 2. The van der Waals surface area contributed by atoms with E-state index in [-0.39, 0.29) is 42.8 Å². The van der Waals surface area contributed by atoms with Crippen LogP contribution in [0.15, 0.2) is 84.9 Å². The lowest BCUT2D eigenvalue weighted by Crippen LogP contribution is -2.55. The van der Waals surface area contributed by atoms with E-state index in [1.807, 2.05) is 80.6 Å². The standard InChI is InChI=1S/C35H44N2O5/c1-25(2)34(37-33(40)24-28-17-11-19-30(22-28)42-3)35(41)36-31(23-27-14-8-5-9-15-27)32(39)21-20-29(38)18-10-16-26-12-6-4-7-13-26/h4-9,11-15,17,19,22,25,31-32,34,39H,10,16,18,20-21,23-24H2,1-3H3,(H,36,41)(H,37,40)/t31-,32-,34-/m0/s1. The molecule has 224 valence electrons. The highest BCUT2D eigenvalue weighted by atomic mass is 16.5. The summed E-state index contributed by atoms with van der Waals surface area (Å²) in [6.45, 7) is 3.74. The molecule has 3 atom stereocenters. The van der Waals surface area contributed by atoms with Gasteiger partial charge in [0.15, 0.2) is 0 Å². The Morgan fingerprint density at radius 1 is 0.810 bits per heavy atom. The van der Waals surface area contributed by atoms with Crippen molar-refractivity contribution in [3.8, 4) is 5.75 Å². The van der Waals surface area contributed by atoms with Crippen molar-refractivity contribution >= 4 is 17.6 Å². The highest BCUT2D eigenvalue weighted by Gasteiger charge is 2.29. The number of methoxy groups -OCH3 is 1. The van der Waals surface area contributed by atoms with E-state index in [0.29, 0.717) is 18.6 Å². The van der Waals surface area contributed by atoms with Crippen molar-refractivity contribution in [1.82, 2.24) is 10.6 Å². The Hall–Kier alpha value is -3.97. The normalized spacial score (nSPS) is 13.2. The van der Waals surface area contributed by atoms with Crippen LogP contribution in [-0.2, 0) is 33.6 Å². The molecule has 0 bridgehead atoms. The molecule has 0 spiro atoms. The lowest BCUT2D eigenvalue weighted by Gasteiger charge is -2.28. The second-order valence-electron chi connectivity index (χ2n) is 11.1. The molecule has 0 radical (unpaired) electrons. The third-order valence-electron chi connectivity index (χ3n) is 7.34. The molecule has 0 aliphatic carbocycles. The van der Waals surface area contributed by atoms with Crippen molar-refractivity contribution in [2.24, 2.45) is 5.92 Å². The van der Waals surface area contributed by atoms with Crippen molar-refractivity contribution < 1.29 is 24.2 Å². The number of Topliss-reactive ketones (excluding diaryl/α,β-unsaturated/α-hetero) is 1. The molecule has 3 aromatic carbocycles. The van der Waals surface area contributed by atoms with Crippen molar-refractivity contribution in [2.45, 2.75) is 77.0 Å². The molecule has 3 rings (SSSR count). The Bertz CT molecular complexity index is 1260. The molecule has 7 nitrogen and oxygen atoms in total. The van der Waals surface area contributed by atoms with Gasteiger partial charge in [0, 0.05) is 12.8 Å². The van der Waals surface area contributed by atoms with Gasteiger partial charge in [-0.2, -0.15) is 0 Å². The first-order valence-corrected chi connectivity index (χ1v) is 14.8. The predicted molar refractivity (Wildman–Crippen MR) is 165 cm³/mol. The van der Waals surface area contributed by atoms with Crippen molar-refractivity contribution in [2.75, 3.05) is 7.11 Å². The van der Waals surface area contributed by atoms with Gasteiger partial charge in [-0.1, -0.05) is 86.6 Å². The van der Waals surface area contributed by atoms with Gasteiger partial charge in [-0.15, -0.1) is 0 Å². The summed E-state index contributed by atoms with van der Waals surface area (Å²) in [6.07, 6.45) is 2.11. The zero-order valence-electron chi connectivity index (χ0n) is 24.9. The van der Waals surface area contributed by atoms with Crippen LogP contribution in [-0.4, -0.2) is 48.0 Å². The molecular weight excluding hydrogens is 528 g/mol. The monoisotopic (exact) mass is 572 g/mol. The molecule has 0 fully saturated rings. The zero-order valence-corrected chi connectivity index (χ0v) is 24.9. The quantitative estimate of drug-likeness (QED) is 0.215. The second-order valence-corrected chi connectivity index (χ2v) is 11.1. The Balaban J connectivity index is 1.60. The molecule has 0 heterocycles. The number of carbonyl (C=O) groups excluding carboxylic acids is 3. The van der Waals surface area contributed by atoms with Gasteiger partial charge in [0.1, 0.15) is 17.6 Å².